The Morgan fingerprint density at radius 1 is 0.612 bits per heavy atom. The van der Waals surface area contributed by atoms with E-state index in [2.05, 4.69) is 59.7 Å². The van der Waals surface area contributed by atoms with Gasteiger partial charge in [-0.1, -0.05) is 113 Å². The van der Waals surface area contributed by atoms with Crippen LogP contribution in [-0.2, 0) is 52.7 Å². The first-order chi connectivity index (χ1) is 39.6. The minimum absolute atomic E-state index is 0.0168. The zero-order chi connectivity index (χ0) is 64.4. The lowest BCUT2D eigenvalue weighted by molar-refractivity contribution is -0.140. The molecule has 2 heterocycles. The fourth-order valence-corrected chi connectivity index (χ4v) is 9.87. The highest BCUT2D eigenvalue weighted by Gasteiger charge is 2.42. The van der Waals surface area contributed by atoms with Crippen molar-refractivity contribution in [1.29, 1.82) is 0 Å². The van der Waals surface area contributed by atoms with Crippen molar-refractivity contribution in [2.75, 3.05) is 45.9 Å². The number of aliphatic hydroxyl groups is 1. The van der Waals surface area contributed by atoms with Crippen LogP contribution in [0.4, 0.5) is 0 Å². The topological polar surface area (TPSA) is 315 Å². The van der Waals surface area contributed by atoms with Gasteiger partial charge in [0.1, 0.15) is 46.8 Å². The summed E-state index contributed by atoms with van der Waals surface area (Å²) in [6, 6.07) is -6.05. The summed E-state index contributed by atoms with van der Waals surface area (Å²) in [6.07, 6.45) is 9.63. The molecule has 2 rings (SSSR count). The number of allylic oxidation sites excluding steroid dienone is 1. The molecule has 486 valence electrons. The van der Waals surface area contributed by atoms with Gasteiger partial charge in [0.05, 0.1) is 19.3 Å². The molecule has 0 aliphatic carbocycles. The Labute approximate surface area is 507 Å². The Bertz CT molecular complexity index is 2230. The van der Waals surface area contributed by atoms with E-state index in [0.29, 0.717) is 45.6 Å². The smallest absolute Gasteiger partial charge is 0.246 e. The van der Waals surface area contributed by atoms with Gasteiger partial charge in [0, 0.05) is 45.2 Å². The summed E-state index contributed by atoms with van der Waals surface area (Å²) < 4.78 is 5.39. The monoisotopic (exact) mass is 1200 g/mol. The molecule has 0 spiro atoms. The summed E-state index contributed by atoms with van der Waals surface area (Å²) in [7, 11) is 0. The first-order valence-corrected chi connectivity index (χ1v) is 31.4. The van der Waals surface area contributed by atoms with Gasteiger partial charge < -0.3 is 62.6 Å². The molecule has 0 aromatic rings. The summed E-state index contributed by atoms with van der Waals surface area (Å²) in [4.78, 5) is 142. The van der Waals surface area contributed by atoms with Crippen LogP contribution in [0.5, 0.6) is 0 Å². The summed E-state index contributed by atoms with van der Waals surface area (Å²) in [6.45, 7) is 31.4. The molecule has 7 unspecified atom stereocenters. The van der Waals surface area contributed by atoms with Gasteiger partial charge in [-0.25, -0.2) is 0 Å². The third-order valence-corrected chi connectivity index (χ3v) is 15.5. The standard InChI is InChI=1S/C62H111N11O12/c1-17-19-20-21-22-23-25-44(65-55(80)47-26-24-31-73(47)49(75)28-27-42(9)18-2)52(77)68-50(51(76)41(7)8)56(81)70-61(13,14)58(83)67-45(36-39(3)4)53(78)66-46(37-40(5)6)54(79)69-62(15,16)59(84)71-60(11,12)57(82)63-30-29-48(74)64-43(10)38-72-32-34-85-35-33-72/h27-28,39-47,50-51,76H,17-26,29-38H2,1-16H3,(H,63,82)(H,64,74)(H,65,80)(H,66,78)(H,67,83)(H,68,77)(H,69,79)(H,70,81)(H,71,84)/b28-27+/t42?,43?,44?,45?,46?,47-,50?,51?/m0/s1. The van der Waals surface area contributed by atoms with E-state index in [1.165, 1.54) is 52.5 Å². The Morgan fingerprint density at radius 3 is 1.75 bits per heavy atom. The highest BCUT2D eigenvalue weighted by molar-refractivity contribution is 6.00. The van der Waals surface area contributed by atoms with Crippen LogP contribution >= 0.6 is 0 Å². The van der Waals surface area contributed by atoms with Crippen molar-refractivity contribution in [2.45, 2.75) is 253 Å². The predicted octanol–water partition coefficient (Wildman–Crippen LogP) is 3.41. The summed E-state index contributed by atoms with van der Waals surface area (Å²) in [5.41, 5.74) is -4.83. The van der Waals surface area contributed by atoms with E-state index in [4.69, 9.17) is 4.74 Å². The molecule has 23 heteroatoms. The van der Waals surface area contributed by atoms with E-state index in [9.17, 15) is 53.1 Å². The van der Waals surface area contributed by atoms with Gasteiger partial charge in [-0.05, 0) is 110 Å². The third-order valence-electron chi connectivity index (χ3n) is 15.5. The van der Waals surface area contributed by atoms with E-state index in [0.717, 1.165) is 51.6 Å². The molecule has 8 atom stereocenters. The van der Waals surface area contributed by atoms with Crippen LogP contribution in [0.25, 0.3) is 0 Å². The lowest BCUT2D eigenvalue weighted by atomic mass is 9.95. The van der Waals surface area contributed by atoms with Crippen molar-refractivity contribution in [1.82, 2.24) is 57.7 Å². The van der Waals surface area contributed by atoms with Gasteiger partial charge in [-0.2, -0.15) is 0 Å². The Morgan fingerprint density at radius 2 is 1.16 bits per heavy atom. The fraction of sp³-hybridized carbons (Fsp3) is 0.806. The Balaban J connectivity index is 2.23. The number of morpholine rings is 1. The molecule has 85 heavy (non-hydrogen) atoms. The maximum Gasteiger partial charge on any atom is 0.246 e. The van der Waals surface area contributed by atoms with Crippen LogP contribution in [0, 0.1) is 23.7 Å². The minimum Gasteiger partial charge on any atom is -0.390 e. The highest BCUT2D eigenvalue weighted by atomic mass is 16.5. The third kappa shape index (κ3) is 26.9. The van der Waals surface area contributed by atoms with Crippen LogP contribution in [0.1, 0.15) is 194 Å². The molecule has 0 aromatic heterocycles. The largest absolute Gasteiger partial charge is 0.390 e. The van der Waals surface area contributed by atoms with E-state index < -0.39 is 106 Å². The van der Waals surface area contributed by atoms with Crippen molar-refractivity contribution in [3.63, 3.8) is 0 Å². The summed E-state index contributed by atoms with van der Waals surface area (Å²) >= 11 is 0. The lowest BCUT2D eigenvalue weighted by Crippen LogP contribution is -2.66. The summed E-state index contributed by atoms with van der Waals surface area (Å²) in [5, 5.41) is 36.3. The molecule has 0 aromatic carbocycles. The van der Waals surface area contributed by atoms with Crippen LogP contribution in [0.15, 0.2) is 12.2 Å². The number of amides is 10. The Kier molecular flexibility index (Phi) is 32.4. The fourth-order valence-electron chi connectivity index (χ4n) is 9.87. The number of carbonyl (C=O) groups is 10. The number of rotatable bonds is 37. The number of nitrogens with one attached hydrogen (secondary N) is 9. The van der Waals surface area contributed by atoms with Crippen LogP contribution < -0.4 is 47.9 Å². The number of carbonyl (C=O) groups excluding carboxylic acids is 10. The number of unbranched alkanes of at least 4 members (excludes halogenated alkanes) is 5. The van der Waals surface area contributed by atoms with Gasteiger partial charge >= 0.3 is 0 Å². The van der Waals surface area contributed by atoms with Gasteiger partial charge in [0.15, 0.2) is 0 Å². The minimum atomic E-state index is -1.76. The van der Waals surface area contributed by atoms with Crippen molar-refractivity contribution in [3.8, 4) is 0 Å². The number of hydrogen-bond acceptors (Lipinski definition) is 13. The van der Waals surface area contributed by atoms with Crippen molar-refractivity contribution < 1.29 is 57.8 Å². The van der Waals surface area contributed by atoms with Gasteiger partial charge in [-0.3, -0.25) is 52.8 Å². The van der Waals surface area contributed by atoms with Crippen molar-refractivity contribution in [2.24, 2.45) is 23.7 Å². The molecule has 0 radical (unpaired) electrons. The van der Waals surface area contributed by atoms with Gasteiger partial charge in [0.2, 0.25) is 59.1 Å². The highest BCUT2D eigenvalue weighted by Crippen LogP contribution is 2.21. The number of hydrogen-bond donors (Lipinski definition) is 10. The molecule has 2 aliphatic heterocycles. The average Bonchev–Trinajstić information content (AvgIpc) is 3.46. The second-order valence-electron chi connectivity index (χ2n) is 26.3. The van der Waals surface area contributed by atoms with Crippen molar-refractivity contribution >= 4 is 59.1 Å². The molecule has 0 saturated carbocycles. The maximum atomic E-state index is 14.3. The van der Waals surface area contributed by atoms with E-state index in [-0.39, 0.29) is 67.8 Å². The summed E-state index contributed by atoms with van der Waals surface area (Å²) in [5.74, 6) is -6.79. The first kappa shape index (κ1) is 75.4. The van der Waals surface area contributed by atoms with E-state index in [1.807, 2.05) is 54.5 Å². The van der Waals surface area contributed by atoms with E-state index >= 15 is 0 Å². The molecule has 0 bridgehead atoms. The van der Waals surface area contributed by atoms with Gasteiger partial charge in [0.25, 0.3) is 0 Å². The molecule has 10 N–H and O–H groups in total. The molecule has 23 nitrogen and oxygen atoms in total. The molecule has 2 fully saturated rings. The molecule has 2 aliphatic rings. The van der Waals surface area contributed by atoms with Crippen LogP contribution in [-0.4, -0.2) is 179 Å². The molecule has 10 amide bonds. The van der Waals surface area contributed by atoms with Crippen LogP contribution in [0.3, 0.4) is 0 Å². The number of aliphatic hydroxyl groups excluding tert-OH is 1. The number of nitrogens with zero attached hydrogens (tertiary/aromatic N) is 2. The maximum absolute atomic E-state index is 14.3. The first-order valence-electron chi connectivity index (χ1n) is 31.4. The zero-order valence-electron chi connectivity index (χ0n) is 54.5. The normalized spacial score (nSPS) is 17.7. The number of ether oxygens (including phenoxy) is 1. The SMILES string of the molecule is CCCCCCCCC(NC(=O)[C@@H]1CCCN1C(=O)/C=C/C(C)CC)C(=O)NC(C(=O)NC(C)(C)C(=O)NC(CC(C)C)C(=O)NC(CC(C)C)C(=O)NC(C)(C)C(=O)NC(C)(C)C(=O)NCCC(=O)NC(C)CN1CCOCC1)C(O)C(C)C. The quantitative estimate of drug-likeness (QED) is 0.0316. The predicted molar refractivity (Wildman–Crippen MR) is 328 cm³/mol. The number of likely N-dealkylation sites (tertiary alicyclic amines) is 1. The second-order valence-corrected chi connectivity index (χ2v) is 26.3. The van der Waals surface area contributed by atoms with Gasteiger partial charge in [-0.15, -0.1) is 0 Å². The van der Waals surface area contributed by atoms with Crippen molar-refractivity contribution in [3.05, 3.63) is 12.2 Å². The zero-order valence-corrected chi connectivity index (χ0v) is 54.5. The lowest BCUT2D eigenvalue weighted by Gasteiger charge is -2.34. The molecular weight excluding hydrogens is 1090 g/mol. The van der Waals surface area contributed by atoms with Crippen LogP contribution in [0.2, 0.25) is 0 Å². The Hall–Kier alpha value is -5.68. The second kappa shape index (κ2) is 36.5. The molecule has 2 saturated heterocycles. The molecular formula is C62H111N11O12. The van der Waals surface area contributed by atoms with E-state index in [1.54, 1.807) is 13.8 Å². The average molecular weight is 1200 g/mol.